The van der Waals surface area contributed by atoms with Gasteiger partial charge >= 0.3 is 0 Å². The van der Waals surface area contributed by atoms with Crippen molar-refractivity contribution in [2.45, 2.75) is 4.90 Å². The van der Waals surface area contributed by atoms with Crippen LogP contribution in [0.25, 0.3) is 0 Å². The molecule has 37 heavy (non-hydrogen) atoms. The number of nitrogens with zero attached hydrogens (tertiary/aromatic N) is 3. The van der Waals surface area contributed by atoms with Gasteiger partial charge in [-0.15, -0.1) is 0 Å². The van der Waals surface area contributed by atoms with E-state index in [1.54, 1.807) is 48.3 Å². The van der Waals surface area contributed by atoms with Crippen LogP contribution in [0.1, 0.15) is 10.4 Å². The quantitative estimate of drug-likeness (QED) is 0.510. The molecule has 10 heteroatoms. The second-order valence-electron chi connectivity index (χ2n) is 8.81. The Balaban J connectivity index is 1.49. The Morgan fingerprint density at radius 3 is 2.19 bits per heavy atom. The van der Waals surface area contributed by atoms with Crippen molar-refractivity contribution in [3.8, 4) is 0 Å². The molecule has 0 saturated carbocycles. The predicted octanol–water partition coefficient (Wildman–Crippen LogP) is 3.27. The van der Waals surface area contributed by atoms with Gasteiger partial charge in [0.05, 0.1) is 10.6 Å². The number of rotatable bonds is 7. The molecule has 3 aromatic rings. The fraction of sp³-hybridized carbons (Fsp3) is 0.259. The summed E-state index contributed by atoms with van der Waals surface area (Å²) < 4.78 is 38.1. The molecular formula is C27H29FN4O4S. The second kappa shape index (κ2) is 11.0. The minimum atomic E-state index is -3.63. The van der Waals surface area contributed by atoms with Gasteiger partial charge in [-0.25, -0.2) is 12.8 Å². The summed E-state index contributed by atoms with van der Waals surface area (Å²) in [7, 11) is -1.84. The molecule has 0 atom stereocenters. The maximum atomic E-state index is 13.7. The van der Waals surface area contributed by atoms with Crippen molar-refractivity contribution in [3.63, 3.8) is 0 Å². The first kappa shape index (κ1) is 26.2. The number of hydrogen-bond donors (Lipinski definition) is 1. The number of carbonyl (C=O) groups excluding carboxylic acids is 2. The van der Waals surface area contributed by atoms with Gasteiger partial charge in [0, 0.05) is 56.4 Å². The molecule has 2 amide bonds. The number of piperazine rings is 1. The van der Waals surface area contributed by atoms with E-state index in [1.165, 1.54) is 17.0 Å². The number of carbonyl (C=O) groups is 2. The van der Waals surface area contributed by atoms with Crippen molar-refractivity contribution in [2.24, 2.45) is 0 Å². The van der Waals surface area contributed by atoms with Gasteiger partial charge in [-0.1, -0.05) is 18.2 Å². The van der Waals surface area contributed by atoms with Crippen LogP contribution in [0.3, 0.4) is 0 Å². The van der Waals surface area contributed by atoms with Gasteiger partial charge in [0.15, 0.2) is 9.84 Å². The zero-order valence-electron chi connectivity index (χ0n) is 20.7. The largest absolute Gasteiger partial charge is 0.388 e. The zero-order chi connectivity index (χ0) is 26.6. The fourth-order valence-corrected chi connectivity index (χ4v) is 5.21. The normalized spacial score (nSPS) is 13.8. The predicted molar refractivity (Wildman–Crippen MR) is 142 cm³/mol. The SMILES string of the molecule is CNc1ccc(C(=O)N(CC(=O)N2CCN(c3ccc(F)cc3S(C)(=O)=O)CC2)c2ccccc2)cc1. The number of benzene rings is 3. The highest BCUT2D eigenvalue weighted by molar-refractivity contribution is 7.90. The lowest BCUT2D eigenvalue weighted by Crippen LogP contribution is -2.52. The van der Waals surface area contributed by atoms with E-state index in [-0.39, 0.29) is 23.3 Å². The summed E-state index contributed by atoms with van der Waals surface area (Å²) in [6.07, 6.45) is 1.05. The van der Waals surface area contributed by atoms with Gasteiger partial charge in [-0.2, -0.15) is 0 Å². The minimum absolute atomic E-state index is 0.0718. The lowest BCUT2D eigenvalue weighted by Gasteiger charge is -2.37. The molecule has 1 fully saturated rings. The first-order chi connectivity index (χ1) is 17.7. The number of sulfone groups is 1. The van der Waals surface area contributed by atoms with Gasteiger partial charge in [0.1, 0.15) is 12.4 Å². The van der Waals surface area contributed by atoms with E-state index in [9.17, 15) is 22.4 Å². The molecule has 1 heterocycles. The molecule has 194 valence electrons. The van der Waals surface area contributed by atoms with Crippen LogP contribution in [-0.2, 0) is 14.6 Å². The number of anilines is 3. The number of para-hydroxylation sites is 1. The van der Waals surface area contributed by atoms with Crippen LogP contribution in [0.15, 0.2) is 77.7 Å². The third-order valence-electron chi connectivity index (χ3n) is 6.32. The van der Waals surface area contributed by atoms with Crippen molar-refractivity contribution in [1.82, 2.24) is 4.90 Å². The summed E-state index contributed by atoms with van der Waals surface area (Å²) in [5, 5.41) is 3.02. The standard InChI is InChI=1S/C27H29FN4O4S/c1-29-22-11-8-20(9-12-22)27(34)32(23-6-4-3-5-7-23)19-26(33)31-16-14-30(15-17-31)24-13-10-21(28)18-25(24)37(2,35)36/h3-13,18,29H,14-17,19H2,1-2H3. The minimum Gasteiger partial charge on any atom is -0.388 e. The van der Waals surface area contributed by atoms with Crippen LogP contribution in [0, 0.1) is 5.82 Å². The van der Waals surface area contributed by atoms with Crippen LogP contribution in [0.4, 0.5) is 21.5 Å². The molecule has 0 aromatic heterocycles. The number of hydrogen-bond acceptors (Lipinski definition) is 6. The maximum absolute atomic E-state index is 13.7. The van der Waals surface area contributed by atoms with Crippen molar-refractivity contribution in [1.29, 1.82) is 0 Å². The first-order valence-electron chi connectivity index (χ1n) is 11.8. The lowest BCUT2D eigenvalue weighted by atomic mass is 10.1. The van der Waals surface area contributed by atoms with Crippen LogP contribution in [-0.4, -0.2) is 71.2 Å². The molecule has 0 spiro atoms. The van der Waals surface area contributed by atoms with Crippen LogP contribution < -0.4 is 15.1 Å². The molecule has 0 bridgehead atoms. The van der Waals surface area contributed by atoms with E-state index in [4.69, 9.17) is 0 Å². The molecule has 1 aliphatic rings. The first-order valence-corrected chi connectivity index (χ1v) is 13.7. The molecule has 8 nitrogen and oxygen atoms in total. The molecule has 4 rings (SSSR count). The molecule has 1 saturated heterocycles. The highest BCUT2D eigenvalue weighted by Crippen LogP contribution is 2.27. The van der Waals surface area contributed by atoms with Gasteiger partial charge in [0.25, 0.3) is 5.91 Å². The molecule has 3 aromatic carbocycles. The van der Waals surface area contributed by atoms with E-state index in [0.29, 0.717) is 43.1 Å². The third kappa shape index (κ3) is 6.08. The van der Waals surface area contributed by atoms with Gasteiger partial charge in [-0.3, -0.25) is 14.5 Å². The van der Waals surface area contributed by atoms with Crippen molar-refractivity contribution < 1.29 is 22.4 Å². The Kier molecular flexibility index (Phi) is 7.77. The Morgan fingerprint density at radius 1 is 0.946 bits per heavy atom. The number of halogens is 1. The van der Waals surface area contributed by atoms with Crippen molar-refractivity contribution >= 4 is 38.7 Å². The lowest BCUT2D eigenvalue weighted by molar-refractivity contribution is -0.129. The Hall–Kier alpha value is -3.92. The van der Waals surface area contributed by atoms with Gasteiger partial charge in [-0.05, 0) is 54.6 Å². The molecule has 0 unspecified atom stereocenters. The average Bonchev–Trinajstić information content (AvgIpc) is 2.91. The molecule has 0 radical (unpaired) electrons. The highest BCUT2D eigenvalue weighted by atomic mass is 32.2. The van der Waals surface area contributed by atoms with Crippen LogP contribution >= 0.6 is 0 Å². The van der Waals surface area contributed by atoms with E-state index < -0.39 is 15.7 Å². The summed E-state index contributed by atoms with van der Waals surface area (Å²) in [4.78, 5) is 31.6. The average molecular weight is 525 g/mol. The Labute approximate surface area is 216 Å². The van der Waals surface area contributed by atoms with E-state index in [0.717, 1.165) is 18.0 Å². The zero-order valence-corrected chi connectivity index (χ0v) is 21.5. The Bertz CT molecular complexity index is 1370. The molecule has 0 aliphatic carbocycles. The summed E-state index contributed by atoms with van der Waals surface area (Å²) in [5.74, 6) is -1.12. The van der Waals surface area contributed by atoms with Crippen LogP contribution in [0.5, 0.6) is 0 Å². The molecular weight excluding hydrogens is 495 g/mol. The van der Waals surface area contributed by atoms with Crippen molar-refractivity contribution in [3.05, 3.63) is 84.2 Å². The van der Waals surface area contributed by atoms with E-state index in [2.05, 4.69) is 5.32 Å². The summed E-state index contributed by atoms with van der Waals surface area (Å²) >= 11 is 0. The van der Waals surface area contributed by atoms with Gasteiger partial charge < -0.3 is 15.1 Å². The monoisotopic (exact) mass is 524 g/mol. The van der Waals surface area contributed by atoms with Gasteiger partial charge in [0.2, 0.25) is 5.91 Å². The molecule has 1 aliphatic heterocycles. The summed E-state index contributed by atoms with van der Waals surface area (Å²) in [5.41, 5.74) is 2.37. The van der Waals surface area contributed by atoms with Crippen molar-refractivity contribution in [2.75, 3.05) is 61.1 Å². The fourth-order valence-electron chi connectivity index (χ4n) is 4.30. The number of amides is 2. The topological polar surface area (TPSA) is 90.0 Å². The van der Waals surface area contributed by atoms with E-state index in [1.807, 2.05) is 23.1 Å². The smallest absolute Gasteiger partial charge is 0.258 e. The Morgan fingerprint density at radius 2 is 1.59 bits per heavy atom. The maximum Gasteiger partial charge on any atom is 0.258 e. The second-order valence-corrected chi connectivity index (χ2v) is 10.8. The van der Waals surface area contributed by atoms with E-state index >= 15 is 0 Å². The molecule has 1 N–H and O–H groups in total. The third-order valence-corrected chi connectivity index (χ3v) is 7.45. The summed E-state index contributed by atoms with van der Waals surface area (Å²) in [6, 6.07) is 19.8. The summed E-state index contributed by atoms with van der Waals surface area (Å²) in [6.45, 7) is 1.30. The number of nitrogens with one attached hydrogen (secondary N) is 1. The highest BCUT2D eigenvalue weighted by Gasteiger charge is 2.28. The van der Waals surface area contributed by atoms with Crippen LogP contribution in [0.2, 0.25) is 0 Å².